The van der Waals surface area contributed by atoms with Crippen LogP contribution in [0.1, 0.15) is 23.8 Å². The summed E-state index contributed by atoms with van der Waals surface area (Å²) in [5.41, 5.74) is 5.55. The molecule has 1 aliphatic rings. The minimum atomic E-state index is -1.11. The Morgan fingerprint density at radius 2 is 2.07 bits per heavy atom. The Hall–Kier alpha value is -3.46. The van der Waals surface area contributed by atoms with E-state index in [9.17, 15) is 19.8 Å². The van der Waals surface area contributed by atoms with Crippen LogP contribution in [0, 0.1) is 11.3 Å². The van der Waals surface area contributed by atoms with Gasteiger partial charge in [-0.3, -0.25) is 14.3 Å². The second-order valence-corrected chi connectivity index (χ2v) is 6.81. The minimum absolute atomic E-state index is 0.0168. The SMILES string of the molecule is N#Cc1ccc(Cn2c(=O)n([C@@H]3O[C@H](CO)C[C@H]3O)c3nc(N)[nH]c(=O)c32)cc1. The van der Waals surface area contributed by atoms with Crippen molar-refractivity contribution in [2.75, 3.05) is 12.3 Å². The van der Waals surface area contributed by atoms with Crippen molar-refractivity contribution in [3.8, 4) is 6.07 Å². The Morgan fingerprint density at radius 1 is 1.34 bits per heavy atom. The first kappa shape index (κ1) is 18.9. The number of nitrogens with two attached hydrogens (primary N) is 1. The van der Waals surface area contributed by atoms with Crippen LogP contribution in [0.3, 0.4) is 0 Å². The van der Waals surface area contributed by atoms with Crippen LogP contribution >= 0.6 is 0 Å². The highest BCUT2D eigenvalue weighted by Crippen LogP contribution is 2.29. The van der Waals surface area contributed by atoms with Gasteiger partial charge in [0.15, 0.2) is 17.4 Å². The third-order valence-electron chi connectivity index (χ3n) is 4.88. The number of fused-ring (bicyclic) bond motifs is 1. The van der Waals surface area contributed by atoms with E-state index in [1.54, 1.807) is 24.3 Å². The molecule has 3 heterocycles. The first-order valence-electron chi connectivity index (χ1n) is 8.87. The molecule has 2 aromatic heterocycles. The molecule has 11 nitrogen and oxygen atoms in total. The number of hydrogen-bond donors (Lipinski definition) is 4. The minimum Gasteiger partial charge on any atom is -0.394 e. The smallest absolute Gasteiger partial charge is 0.333 e. The van der Waals surface area contributed by atoms with E-state index in [0.717, 1.165) is 4.57 Å². The van der Waals surface area contributed by atoms with Gasteiger partial charge in [0.2, 0.25) is 5.95 Å². The predicted octanol–water partition coefficient (Wildman–Crippen LogP) is -0.971. The number of nitrogen functional groups attached to an aromatic ring is 1. The van der Waals surface area contributed by atoms with E-state index in [4.69, 9.17) is 15.7 Å². The molecule has 29 heavy (non-hydrogen) atoms. The molecule has 1 saturated heterocycles. The first-order chi connectivity index (χ1) is 13.9. The van der Waals surface area contributed by atoms with Gasteiger partial charge in [-0.05, 0) is 17.7 Å². The summed E-state index contributed by atoms with van der Waals surface area (Å²) in [4.78, 5) is 32.2. The third kappa shape index (κ3) is 3.19. The molecule has 0 saturated carbocycles. The topological polar surface area (TPSA) is 172 Å². The number of aromatic amines is 1. The van der Waals surface area contributed by atoms with Crippen molar-refractivity contribution in [3.05, 3.63) is 56.2 Å². The number of benzene rings is 1. The molecule has 0 bridgehead atoms. The van der Waals surface area contributed by atoms with Gasteiger partial charge in [0.05, 0.1) is 30.9 Å². The van der Waals surface area contributed by atoms with Gasteiger partial charge in [-0.15, -0.1) is 0 Å². The Bertz CT molecular complexity index is 1220. The fourth-order valence-electron chi connectivity index (χ4n) is 3.52. The number of H-pyrrole nitrogens is 1. The molecule has 1 aliphatic heterocycles. The van der Waals surface area contributed by atoms with Gasteiger partial charge < -0.3 is 20.7 Å². The number of aliphatic hydroxyl groups excluding tert-OH is 2. The van der Waals surface area contributed by atoms with Crippen LogP contribution in [0.25, 0.3) is 11.2 Å². The molecule has 1 aromatic carbocycles. The average Bonchev–Trinajstić information content (AvgIpc) is 3.19. The summed E-state index contributed by atoms with van der Waals surface area (Å²) in [5.74, 6) is -0.182. The van der Waals surface area contributed by atoms with E-state index in [0.29, 0.717) is 11.1 Å². The zero-order valence-corrected chi connectivity index (χ0v) is 15.1. The molecule has 5 N–H and O–H groups in total. The Labute approximate surface area is 163 Å². The maximum atomic E-state index is 13.2. The van der Waals surface area contributed by atoms with Crippen molar-refractivity contribution in [2.24, 2.45) is 0 Å². The fraction of sp³-hybridized carbons (Fsp3) is 0.333. The van der Waals surface area contributed by atoms with Crippen molar-refractivity contribution in [3.63, 3.8) is 0 Å². The number of anilines is 1. The summed E-state index contributed by atoms with van der Waals surface area (Å²) in [5, 5.41) is 28.6. The zero-order valence-electron chi connectivity index (χ0n) is 15.1. The number of imidazole rings is 1. The van der Waals surface area contributed by atoms with Gasteiger partial charge in [0.25, 0.3) is 5.56 Å². The molecular formula is C18H18N6O5. The fourth-order valence-corrected chi connectivity index (χ4v) is 3.52. The highest BCUT2D eigenvalue weighted by Gasteiger charge is 2.38. The molecule has 0 aliphatic carbocycles. The summed E-state index contributed by atoms with van der Waals surface area (Å²) in [6, 6.07) is 8.58. The molecular weight excluding hydrogens is 380 g/mol. The maximum absolute atomic E-state index is 13.2. The summed E-state index contributed by atoms with van der Waals surface area (Å²) in [6.45, 7) is -0.280. The number of rotatable bonds is 4. The van der Waals surface area contributed by atoms with Crippen molar-refractivity contribution in [1.82, 2.24) is 19.1 Å². The van der Waals surface area contributed by atoms with Crippen LogP contribution in [0.4, 0.5) is 5.95 Å². The number of nitriles is 1. The standard InChI is InChI=1S/C18H18N6O5/c19-6-9-1-3-10(4-2-9)7-23-13-14(21-17(20)22-15(13)27)24(18(23)28)16-12(26)5-11(8-25)29-16/h1-4,11-12,16,25-26H,5,7-8H2,(H3,20,21,22,27)/t11-,12+,16+/m0/s1. The zero-order chi connectivity index (χ0) is 20.7. The lowest BCUT2D eigenvalue weighted by Crippen LogP contribution is -2.32. The predicted molar refractivity (Wildman–Crippen MR) is 101 cm³/mol. The largest absolute Gasteiger partial charge is 0.394 e. The molecule has 0 amide bonds. The molecule has 1 fully saturated rings. The molecule has 3 atom stereocenters. The second kappa shape index (κ2) is 7.17. The first-order valence-corrected chi connectivity index (χ1v) is 8.87. The van der Waals surface area contributed by atoms with Gasteiger partial charge in [0.1, 0.15) is 6.10 Å². The Morgan fingerprint density at radius 3 is 2.69 bits per heavy atom. The van der Waals surface area contributed by atoms with Gasteiger partial charge in [-0.1, -0.05) is 12.1 Å². The maximum Gasteiger partial charge on any atom is 0.333 e. The lowest BCUT2D eigenvalue weighted by atomic mass is 10.1. The number of ether oxygens (including phenoxy) is 1. The van der Waals surface area contributed by atoms with E-state index in [1.807, 2.05) is 6.07 Å². The summed E-state index contributed by atoms with van der Waals surface area (Å²) < 4.78 is 7.89. The average molecular weight is 398 g/mol. The summed E-state index contributed by atoms with van der Waals surface area (Å²) in [7, 11) is 0. The quantitative estimate of drug-likeness (QED) is 0.434. The number of aliphatic hydroxyl groups is 2. The second-order valence-electron chi connectivity index (χ2n) is 6.81. The Balaban J connectivity index is 1.89. The summed E-state index contributed by atoms with van der Waals surface area (Å²) in [6.07, 6.45) is -2.69. The van der Waals surface area contributed by atoms with Crippen molar-refractivity contribution in [1.29, 1.82) is 5.26 Å². The number of nitrogens with zero attached hydrogens (tertiary/aromatic N) is 4. The molecule has 11 heteroatoms. The lowest BCUT2D eigenvalue weighted by molar-refractivity contribution is -0.0505. The van der Waals surface area contributed by atoms with E-state index in [1.165, 1.54) is 4.57 Å². The van der Waals surface area contributed by atoms with Crippen LogP contribution in [0.5, 0.6) is 0 Å². The molecule has 4 rings (SSSR count). The third-order valence-corrected chi connectivity index (χ3v) is 4.88. The number of aromatic nitrogens is 4. The van der Waals surface area contributed by atoms with Crippen molar-refractivity contribution < 1.29 is 14.9 Å². The van der Waals surface area contributed by atoms with Gasteiger partial charge in [-0.25, -0.2) is 9.36 Å². The van der Waals surface area contributed by atoms with Gasteiger partial charge in [0, 0.05) is 6.42 Å². The molecule has 0 radical (unpaired) electrons. The highest BCUT2D eigenvalue weighted by molar-refractivity contribution is 5.72. The van der Waals surface area contributed by atoms with E-state index in [-0.39, 0.29) is 36.7 Å². The number of hydrogen-bond acceptors (Lipinski definition) is 8. The van der Waals surface area contributed by atoms with E-state index < -0.39 is 29.7 Å². The van der Waals surface area contributed by atoms with Crippen molar-refractivity contribution >= 4 is 17.1 Å². The van der Waals surface area contributed by atoms with Crippen LogP contribution in [-0.2, 0) is 11.3 Å². The molecule has 150 valence electrons. The van der Waals surface area contributed by atoms with Crippen LogP contribution in [-0.4, -0.2) is 48.1 Å². The van der Waals surface area contributed by atoms with E-state index in [2.05, 4.69) is 9.97 Å². The van der Waals surface area contributed by atoms with E-state index >= 15 is 0 Å². The van der Waals surface area contributed by atoms with Crippen LogP contribution < -0.4 is 17.0 Å². The van der Waals surface area contributed by atoms with Gasteiger partial charge in [-0.2, -0.15) is 10.2 Å². The monoisotopic (exact) mass is 398 g/mol. The van der Waals surface area contributed by atoms with Crippen LogP contribution in [0.15, 0.2) is 33.9 Å². The summed E-state index contributed by atoms with van der Waals surface area (Å²) >= 11 is 0. The molecule has 3 aromatic rings. The Kier molecular flexibility index (Phi) is 4.67. The molecule has 0 spiro atoms. The lowest BCUT2D eigenvalue weighted by Gasteiger charge is -2.15. The number of nitrogens with one attached hydrogen (secondary N) is 1. The van der Waals surface area contributed by atoms with Crippen molar-refractivity contribution in [2.45, 2.75) is 31.4 Å². The van der Waals surface area contributed by atoms with Crippen LogP contribution in [0.2, 0.25) is 0 Å². The van der Waals surface area contributed by atoms with Gasteiger partial charge >= 0.3 is 5.69 Å². The highest BCUT2D eigenvalue weighted by atomic mass is 16.5. The molecule has 0 unspecified atom stereocenters. The normalized spacial score (nSPS) is 21.5.